The molecule has 0 aliphatic rings. The Hall–Kier alpha value is -4.26. The number of imidazole rings is 1. The fourth-order valence-electron chi connectivity index (χ4n) is 3.42. The Kier molecular flexibility index (Phi) is 11.9. The second kappa shape index (κ2) is 15.1. The molecule has 206 valence electrons. The molecule has 0 spiro atoms. The molecule has 0 fully saturated rings. The second-order valence-electron chi connectivity index (χ2n) is 8.32. The van der Waals surface area contributed by atoms with Gasteiger partial charge in [0.1, 0.15) is 24.0 Å². The molecule has 13 nitrogen and oxygen atoms in total. The third-order valence-electron chi connectivity index (χ3n) is 5.73. The van der Waals surface area contributed by atoms with E-state index in [4.69, 9.17) is 0 Å². The first kappa shape index (κ1) is 30.0. The fraction of sp³-hybridized carbons (Fsp3) is 0.440. The number of esters is 1. The molecule has 1 atom stereocenters. The minimum Gasteiger partial charge on any atom is -0.466 e. The third-order valence-corrected chi connectivity index (χ3v) is 5.73. The number of aromatic nitrogens is 3. The van der Waals surface area contributed by atoms with Crippen LogP contribution in [0.1, 0.15) is 37.2 Å². The number of pyridine rings is 1. The highest BCUT2D eigenvalue weighted by molar-refractivity contribution is 6.00. The quantitative estimate of drug-likeness (QED) is 0.179. The maximum absolute atomic E-state index is 13.1. The summed E-state index contributed by atoms with van der Waals surface area (Å²) in [5.41, 5.74) is -0.370. The van der Waals surface area contributed by atoms with Gasteiger partial charge in [-0.25, -0.2) is 9.78 Å². The van der Waals surface area contributed by atoms with Gasteiger partial charge in [-0.2, -0.15) is 0 Å². The van der Waals surface area contributed by atoms with Crippen LogP contribution in [-0.4, -0.2) is 75.6 Å². The van der Waals surface area contributed by atoms with E-state index in [1.807, 2.05) is 18.7 Å². The summed E-state index contributed by atoms with van der Waals surface area (Å²) in [6.45, 7) is 5.65. The number of methoxy groups -OCH3 is 1. The van der Waals surface area contributed by atoms with Crippen LogP contribution in [-0.2, 0) is 32.7 Å². The van der Waals surface area contributed by atoms with Crippen molar-refractivity contribution in [2.45, 2.75) is 39.3 Å². The van der Waals surface area contributed by atoms with Crippen LogP contribution in [0.5, 0.6) is 0 Å². The van der Waals surface area contributed by atoms with Crippen LogP contribution < -0.4 is 21.5 Å². The summed E-state index contributed by atoms with van der Waals surface area (Å²) in [6, 6.07) is 1.92. The molecule has 38 heavy (non-hydrogen) atoms. The van der Waals surface area contributed by atoms with Gasteiger partial charge in [-0.3, -0.25) is 24.1 Å². The summed E-state index contributed by atoms with van der Waals surface area (Å²) in [6.07, 6.45) is 7.42. The summed E-state index contributed by atoms with van der Waals surface area (Å²) in [4.78, 5) is 68.3. The number of amides is 3. The van der Waals surface area contributed by atoms with Crippen LogP contribution in [0.2, 0.25) is 0 Å². The molecule has 2 rings (SSSR count). The molecule has 0 radical (unpaired) electrons. The van der Waals surface area contributed by atoms with E-state index < -0.39 is 29.4 Å². The van der Waals surface area contributed by atoms with Crippen molar-refractivity contribution in [3.63, 3.8) is 0 Å². The molecule has 0 aliphatic heterocycles. The molecular weight excluding hydrogens is 494 g/mol. The van der Waals surface area contributed by atoms with E-state index in [2.05, 4.69) is 25.7 Å². The van der Waals surface area contributed by atoms with Gasteiger partial charge in [0.15, 0.2) is 0 Å². The monoisotopic (exact) mass is 529 g/mol. The zero-order chi connectivity index (χ0) is 28.1. The lowest BCUT2D eigenvalue weighted by atomic mass is 10.1. The first-order chi connectivity index (χ1) is 18.2. The number of anilines is 1. The first-order valence-electron chi connectivity index (χ1n) is 12.2. The van der Waals surface area contributed by atoms with Gasteiger partial charge >= 0.3 is 5.97 Å². The number of hydrogen-bond donors (Lipinski definition) is 3. The maximum Gasteiger partial charge on any atom is 0.330 e. The van der Waals surface area contributed by atoms with Crippen molar-refractivity contribution < 1.29 is 23.9 Å². The topological polar surface area (TPSA) is 157 Å². The molecule has 0 unspecified atom stereocenters. The Labute approximate surface area is 220 Å². The number of allylic oxidation sites excluding steroid dienone is 1. The molecular formula is C25H35N7O6. The van der Waals surface area contributed by atoms with Crippen LogP contribution in [0, 0.1) is 0 Å². The lowest BCUT2D eigenvalue weighted by Gasteiger charge is -2.19. The van der Waals surface area contributed by atoms with Crippen molar-refractivity contribution in [2.24, 2.45) is 7.05 Å². The number of nitrogens with zero attached hydrogens (tertiary/aromatic N) is 4. The van der Waals surface area contributed by atoms with Gasteiger partial charge in [0, 0.05) is 19.3 Å². The van der Waals surface area contributed by atoms with Crippen molar-refractivity contribution in [1.29, 1.82) is 0 Å². The lowest BCUT2D eigenvalue weighted by molar-refractivity contribution is -0.134. The van der Waals surface area contributed by atoms with Crippen molar-refractivity contribution in [1.82, 2.24) is 29.7 Å². The van der Waals surface area contributed by atoms with Crippen LogP contribution in [0.25, 0.3) is 0 Å². The largest absolute Gasteiger partial charge is 0.466 e. The van der Waals surface area contributed by atoms with E-state index in [-0.39, 0.29) is 36.7 Å². The van der Waals surface area contributed by atoms with E-state index >= 15 is 0 Å². The Balaban J connectivity index is 2.13. The molecule has 0 bridgehead atoms. The number of carbonyl (C=O) groups excluding carboxylic acids is 4. The summed E-state index contributed by atoms with van der Waals surface area (Å²) in [5, 5.41) is 7.97. The summed E-state index contributed by atoms with van der Waals surface area (Å²) >= 11 is 0. The Bertz CT molecular complexity index is 1200. The number of ether oxygens (including phenoxy) is 1. The van der Waals surface area contributed by atoms with Crippen LogP contribution >= 0.6 is 0 Å². The zero-order valence-corrected chi connectivity index (χ0v) is 22.1. The number of nitrogens with one attached hydrogen (secondary N) is 3. The predicted octanol–water partition coefficient (Wildman–Crippen LogP) is 0.244. The van der Waals surface area contributed by atoms with Gasteiger partial charge in [-0.15, -0.1) is 0 Å². The zero-order valence-electron chi connectivity index (χ0n) is 22.1. The van der Waals surface area contributed by atoms with Gasteiger partial charge in [-0.1, -0.05) is 19.9 Å². The highest BCUT2D eigenvalue weighted by atomic mass is 16.5. The number of hydrogen-bond acceptors (Lipinski definition) is 8. The molecule has 2 heterocycles. The molecule has 0 saturated heterocycles. The first-order valence-corrected chi connectivity index (χ1v) is 12.2. The highest BCUT2D eigenvalue weighted by Gasteiger charge is 2.23. The van der Waals surface area contributed by atoms with E-state index in [0.717, 1.165) is 13.1 Å². The molecule has 13 heteroatoms. The van der Waals surface area contributed by atoms with Crippen LogP contribution in [0.4, 0.5) is 5.69 Å². The van der Waals surface area contributed by atoms with Crippen molar-refractivity contribution in [3.05, 3.63) is 59.1 Å². The summed E-state index contributed by atoms with van der Waals surface area (Å²) in [5.74, 6) is -2.05. The molecule has 3 N–H and O–H groups in total. The number of rotatable bonds is 14. The number of carbonyl (C=O) groups is 4. The average Bonchev–Trinajstić information content (AvgIpc) is 3.34. The fourth-order valence-corrected chi connectivity index (χ4v) is 3.42. The molecule has 3 amide bonds. The molecule has 2 aromatic heterocycles. The Morgan fingerprint density at radius 2 is 1.95 bits per heavy atom. The smallest absolute Gasteiger partial charge is 0.330 e. The van der Waals surface area contributed by atoms with E-state index in [9.17, 15) is 24.0 Å². The molecule has 2 aromatic rings. The van der Waals surface area contributed by atoms with Gasteiger partial charge in [-0.05, 0) is 38.1 Å². The van der Waals surface area contributed by atoms with Crippen molar-refractivity contribution in [3.8, 4) is 0 Å². The van der Waals surface area contributed by atoms with Crippen LogP contribution in [0.15, 0.2) is 47.8 Å². The second-order valence-corrected chi connectivity index (χ2v) is 8.32. The normalized spacial score (nSPS) is 11.8. The van der Waals surface area contributed by atoms with Gasteiger partial charge in [0.25, 0.3) is 11.5 Å². The van der Waals surface area contributed by atoms with E-state index in [1.165, 1.54) is 59.2 Å². The van der Waals surface area contributed by atoms with Gasteiger partial charge < -0.3 is 29.8 Å². The summed E-state index contributed by atoms with van der Waals surface area (Å²) < 4.78 is 7.24. The molecule has 0 saturated carbocycles. The maximum atomic E-state index is 13.1. The minimum atomic E-state index is -1.04. The Morgan fingerprint density at radius 1 is 1.21 bits per heavy atom. The van der Waals surface area contributed by atoms with Gasteiger partial charge in [0.05, 0.1) is 26.3 Å². The minimum absolute atomic E-state index is 0.0427. The standard InChI is InChI=1S/C25H35N7O6/c1-5-31(6-2)17-27-21(33)15-32-13-9-11-19(25(32)37)29-23(35)18(10-7-8-12-22(34)38-4)28-24(36)20-14-26-16-30(20)3/h8-9,11-14,16,18H,5-7,10,15,17H2,1-4H3,(H,27,33)(H,28,36)(H,29,35)/b12-8+/t18-/m0/s1. The Morgan fingerprint density at radius 3 is 2.58 bits per heavy atom. The van der Waals surface area contributed by atoms with Gasteiger partial charge in [0.2, 0.25) is 11.8 Å². The molecule has 0 aromatic carbocycles. The number of aryl methyl sites for hydroxylation is 1. The lowest BCUT2D eigenvalue weighted by Crippen LogP contribution is -2.45. The van der Waals surface area contributed by atoms with Crippen LogP contribution in [0.3, 0.4) is 0 Å². The predicted molar refractivity (Wildman–Crippen MR) is 140 cm³/mol. The molecule has 0 aliphatic carbocycles. The average molecular weight is 530 g/mol. The SMILES string of the molecule is CCN(CC)CNC(=O)Cn1cccc(NC(=O)[C@H](CC/C=C/C(=O)OC)NC(=O)c2cncn2C)c1=O. The highest BCUT2D eigenvalue weighted by Crippen LogP contribution is 2.07. The van der Waals surface area contributed by atoms with E-state index in [0.29, 0.717) is 6.67 Å². The summed E-state index contributed by atoms with van der Waals surface area (Å²) in [7, 11) is 2.89. The van der Waals surface area contributed by atoms with E-state index in [1.54, 1.807) is 7.05 Å². The third kappa shape index (κ3) is 9.00. The van der Waals surface area contributed by atoms with Crippen molar-refractivity contribution >= 4 is 29.4 Å². The van der Waals surface area contributed by atoms with Crippen molar-refractivity contribution in [2.75, 3.05) is 32.2 Å².